The maximum atomic E-state index is 10.1. The minimum atomic E-state index is -0.250. The third kappa shape index (κ3) is 3.94. The molecule has 0 aromatic carbocycles. The summed E-state index contributed by atoms with van der Waals surface area (Å²) in [6.45, 7) is 1.93. The van der Waals surface area contributed by atoms with Gasteiger partial charge >= 0.3 is 0 Å². The second-order valence-corrected chi connectivity index (χ2v) is 2.83. The first-order chi connectivity index (χ1) is 5.78. The van der Waals surface area contributed by atoms with Gasteiger partial charge in [-0.1, -0.05) is 13.3 Å². The van der Waals surface area contributed by atoms with E-state index in [4.69, 9.17) is 9.90 Å². The number of hydrogen-bond donors (Lipinski definition) is 1. The molecule has 1 saturated carbocycles. The predicted molar refractivity (Wildman–Crippen MR) is 45.5 cm³/mol. The Morgan fingerprint density at radius 2 is 2.33 bits per heavy atom. The van der Waals surface area contributed by atoms with Crippen LogP contribution in [0.3, 0.4) is 0 Å². The molecule has 0 aliphatic heterocycles. The van der Waals surface area contributed by atoms with Crippen LogP contribution < -0.4 is 0 Å². The average Bonchev–Trinajstić information content (AvgIpc) is 2.53. The van der Waals surface area contributed by atoms with Gasteiger partial charge in [0, 0.05) is 5.57 Å². The van der Waals surface area contributed by atoms with Crippen LogP contribution >= 0.6 is 0 Å². The highest BCUT2D eigenvalue weighted by Crippen LogP contribution is 2.30. The van der Waals surface area contributed by atoms with Crippen LogP contribution in [0.5, 0.6) is 0 Å². The van der Waals surface area contributed by atoms with Gasteiger partial charge in [-0.05, 0) is 25.2 Å². The largest absolute Gasteiger partial charge is 0.483 e. The Morgan fingerprint density at radius 3 is 2.58 bits per heavy atom. The Balaban J connectivity index is 0.000000354. The molecule has 3 nitrogen and oxygen atoms in total. The van der Waals surface area contributed by atoms with Crippen LogP contribution in [-0.2, 0) is 9.59 Å². The van der Waals surface area contributed by atoms with Gasteiger partial charge in [0.1, 0.15) is 5.94 Å². The average molecular weight is 170 g/mol. The number of carbonyl (C=O) groups is 1. The smallest absolute Gasteiger partial charge is 0.290 e. The molecule has 1 unspecified atom stereocenters. The zero-order valence-corrected chi connectivity index (χ0v) is 7.25. The van der Waals surface area contributed by atoms with E-state index in [1.165, 1.54) is 12.8 Å². The Hall–Kier alpha value is -1.08. The first-order valence-corrected chi connectivity index (χ1v) is 4.09. The summed E-state index contributed by atoms with van der Waals surface area (Å²) in [7, 11) is 0. The lowest BCUT2D eigenvalue weighted by Crippen LogP contribution is -1.87. The number of allylic oxidation sites excluding steroid dienone is 1. The van der Waals surface area contributed by atoms with Crippen molar-refractivity contribution in [3.63, 3.8) is 0 Å². The normalized spacial score (nSPS) is 20.8. The molecule has 0 saturated heterocycles. The highest BCUT2D eigenvalue weighted by atomic mass is 16.3. The fourth-order valence-electron chi connectivity index (χ4n) is 1.37. The Kier molecular flexibility index (Phi) is 6.02. The van der Waals surface area contributed by atoms with Crippen molar-refractivity contribution < 1.29 is 14.7 Å². The minimum absolute atomic E-state index is 0.250. The van der Waals surface area contributed by atoms with Crippen molar-refractivity contribution in [2.75, 3.05) is 0 Å². The van der Waals surface area contributed by atoms with Gasteiger partial charge in [-0.3, -0.25) is 4.79 Å². The molecule has 0 aromatic rings. The lowest BCUT2D eigenvalue weighted by molar-refractivity contribution is -0.122. The quantitative estimate of drug-likeness (QED) is 0.481. The molecular formula is C9H14O3. The molecule has 1 rings (SSSR count). The first kappa shape index (κ1) is 10.9. The standard InChI is InChI=1S/C8H12O.CH2O2/c1-2-7-3-4-8(5-7)6-9;2-1-3/h7H,2-5H2,1H3;1H,(H,2,3). The predicted octanol–water partition coefficient (Wildman–Crippen LogP) is 1.66. The van der Waals surface area contributed by atoms with Crippen LogP contribution in [0, 0.1) is 5.92 Å². The molecule has 0 spiro atoms. The lowest BCUT2D eigenvalue weighted by Gasteiger charge is -1.99. The molecule has 68 valence electrons. The van der Waals surface area contributed by atoms with Crippen molar-refractivity contribution in [2.45, 2.75) is 32.6 Å². The zero-order chi connectivity index (χ0) is 9.40. The Bertz CT molecular complexity index is 180. The molecule has 0 heterocycles. The fraction of sp³-hybridized carbons (Fsp3) is 0.667. The lowest BCUT2D eigenvalue weighted by atomic mass is 10.1. The van der Waals surface area contributed by atoms with E-state index in [0.29, 0.717) is 0 Å². The summed E-state index contributed by atoms with van der Waals surface area (Å²) in [5.74, 6) is 2.77. The molecule has 0 radical (unpaired) electrons. The van der Waals surface area contributed by atoms with Crippen LogP contribution in [0.1, 0.15) is 32.6 Å². The van der Waals surface area contributed by atoms with Gasteiger partial charge in [-0.15, -0.1) is 0 Å². The fourth-order valence-corrected chi connectivity index (χ4v) is 1.37. The molecule has 0 aromatic heterocycles. The summed E-state index contributed by atoms with van der Waals surface area (Å²) in [4.78, 5) is 18.5. The van der Waals surface area contributed by atoms with Crippen LogP contribution in [0.4, 0.5) is 0 Å². The third-order valence-electron chi connectivity index (χ3n) is 2.11. The van der Waals surface area contributed by atoms with E-state index in [-0.39, 0.29) is 6.47 Å². The van der Waals surface area contributed by atoms with E-state index in [0.717, 1.165) is 24.3 Å². The van der Waals surface area contributed by atoms with E-state index < -0.39 is 0 Å². The summed E-state index contributed by atoms with van der Waals surface area (Å²) >= 11 is 0. The molecular weight excluding hydrogens is 156 g/mol. The van der Waals surface area contributed by atoms with Gasteiger partial charge in [-0.2, -0.15) is 0 Å². The molecule has 1 atom stereocenters. The maximum absolute atomic E-state index is 10.1. The number of carboxylic acid groups (broad SMARTS) is 1. The summed E-state index contributed by atoms with van der Waals surface area (Å²) in [6, 6.07) is 0. The van der Waals surface area contributed by atoms with Crippen LogP contribution in [-0.4, -0.2) is 17.5 Å². The summed E-state index contributed by atoms with van der Waals surface area (Å²) < 4.78 is 0. The molecule has 1 fully saturated rings. The minimum Gasteiger partial charge on any atom is -0.483 e. The molecule has 0 bridgehead atoms. The molecule has 0 amide bonds. The number of rotatable bonds is 1. The highest BCUT2D eigenvalue weighted by molar-refractivity contribution is 5.53. The van der Waals surface area contributed by atoms with Crippen molar-refractivity contribution in [3.05, 3.63) is 5.57 Å². The second-order valence-electron chi connectivity index (χ2n) is 2.83. The van der Waals surface area contributed by atoms with Gasteiger partial charge in [-0.25, -0.2) is 4.79 Å². The van der Waals surface area contributed by atoms with Crippen molar-refractivity contribution in [2.24, 2.45) is 5.92 Å². The summed E-state index contributed by atoms with van der Waals surface area (Å²) in [6.07, 6.45) is 4.44. The topological polar surface area (TPSA) is 54.4 Å². The molecule has 3 heteroatoms. The van der Waals surface area contributed by atoms with Gasteiger partial charge in [0.2, 0.25) is 0 Å². The van der Waals surface area contributed by atoms with E-state index in [1.807, 2.05) is 5.94 Å². The van der Waals surface area contributed by atoms with Crippen LogP contribution in [0.25, 0.3) is 0 Å². The van der Waals surface area contributed by atoms with E-state index in [1.54, 1.807) is 0 Å². The van der Waals surface area contributed by atoms with E-state index in [9.17, 15) is 4.79 Å². The number of hydrogen-bond acceptors (Lipinski definition) is 2. The van der Waals surface area contributed by atoms with Crippen LogP contribution in [0.15, 0.2) is 5.57 Å². The highest BCUT2D eigenvalue weighted by Gasteiger charge is 2.17. The van der Waals surface area contributed by atoms with Gasteiger partial charge in [0.05, 0.1) is 0 Å². The van der Waals surface area contributed by atoms with Crippen LogP contribution in [0.2, 0.25) is 0 Å². The second kappa shape index (κ2) is 6.62. The zero-order valence-electron chi connectivity index (χ0n) is 7.25. The van der Waals surface area contributed by atoms with Gasteiger partial charge in [0.25, 0.3) is 6.47 Å². The Labute approximate surface area is 72.1 Å². The molecule has 1 aliphatic carbocycles. The molecule has 1 N–H and O–H groups in total. The summed E-state index contributed by atoms with van der Waals surface area (Å²) in [5, 5.41) is 6.89. The van der Waals surface area contributed by atoms with Crippen molar-refractivity contribution in [3.8, 4) is 0 Å². The monoisotopic (exact) mass is 170 g/mol. The van der Waals surface area contributed by atoms with Crippen molar-refractivity contribution >= 4 is 12.4 Å². The Morgan fingerprint density at radius 1 is 1.75 bits per heavy atom. The van der Waals surface area contributed by atoms with E-state index >= 15 is 0 Å². The maximum Gasteiger partial charge on any atom is 0.290 e. The summed E-state index contributed by atoms with van der Waals surface area (Å²) in [5.41, 5.74) is 1.00. The molecule has 1 aliphatic rings. The first-order valence-electron chi connectivity index (χ1n) is 4.09. The number of carbonyl (C=O) groups excluding carboxylic acids is 1. The van der Waals surface area contributed by atoms with Gasteiger partial charge < -0.3 is 5.11 Å². The van der Waals surface area contributed by atoms with Crippen molar-refractivity contribution in [1.82, 2.24) is 0 Å². The van der Waals surface area contributed by atoms with Crippen molar-refractivity contribution in [1.29, 1.82) is 0 Å². The third-order valence-corrected chi connectivity index (χ3v) is 2.11. The molecule has 12 heavy (non-hydrogen) atoms. The SMILES string of the molecule is CCC1CCC(=C=O)C1.O=CO. The van der Waals surface area contributed by atoms with E-state index in [2.05, 4.69) is 6.92 Å². The van der Waals surface area contributed by atoms with Gasteiger partial charge in [0.15, 0.2) is 0 Å².